The number of quaternary nitrogens is 1. The van der Waals surface area contributed by atoms with E-state index >= 15 is 0 Å². The molecule has 3 aromatic rings. The zero-order chi connectivity index (χ0) is 22.8. The monoisotopic (exact) mass is 515 g/mol. The van der Waals surface area contributed by atoms with Crippen molar-refractivity contribution in [3.63, 3.8) is 0 Å². The largest absolute Gasteiger partial charge is 1.00 e. The summed E-state index contributed by atoms with van der Waals surface area (Å²) in [5.41, 5.74) is 3.09. The summed E-state index contributed by atoms with van der Waals surface area (Å²) in [5.74, 6) is 0.469. The highest BCUT2D eigenvalue weighted by molar-refractivity contribution is 5.94. The maximum absolute atomic E-state index is 11.0. The van der Waals surface area contributed by atoms with Gasteiger partial charge in [0.05, 0.1) is 26.0 Å². The van der Waals surface area contributed by atoms with Crippen LogP contribution in [-0.4, -0.2) is 20.6 Å². The van der Waals surface area contributed by atoms with E-state index in [2.05, 4.69) is 5.10 Å². The molecule has 14 heteroatoms. The molecule has 0 bridgehead atoms. The second-order valence-electron chi connectivity index (χ2n) is 6.60. The highest BCUT2D eigenvalue weighted by atomic mass is 79.9. The van der Waals surface area contributed by atoms with E-state index in [4.69, 9.17) is 0 Å². The molecular formula is C19H14BrN7O6. The smallest absolute Gasteiger partial charge is 0.277 e. The Bertz CT molecular complexity index is 1230. The minimum Gasteiger partial charge on any atom is -1.00 e. The first-order valence-corrected chi connectivity index (χ1v) is 9.10. The number of anilines is 2. The molecule has 2 N–H and O–H groups in total. The first-order chi connectivity index (χ1) is 15.3. The predicted octanol–water partition coefficient (Wildman–Crippen LogP) is -0.503. The summed E-state index contributed by atoms with van der Waals surface area (Å²) in [7, 11) is 0. The third-order valence-electron chi connectivity index (χ3n) is 4.64. The Kier molecular flexibility index (Phi) is 6.60. The molecule has 0 unspecified atom stereocenters. The molecule has 3 aromatic carbocycles. The minimum atomic E-state index is -0.514. The Morgan fingerprint density at radius 3 is 1.45 bits per heavy atom. The van der Waals surface area contributed by atoms with E-state index in [0.29, 0.717) is 22.8 Å². The van der Waals surface area contributed by atoms with Gasteiger partial charge in [0.1, 0.15) is 5.69 Å². The SMILES string of the molecule is O=[N+]([O-])c1ccc(C2=NN(c3ccc([N+](=O)[O-])cc3)N(c3ccc([N+](=O)[O-])cc3)[NH2+]2)cc1.[Br-]. The lowest BCUT2D eigenvalue weighted by atomic mass is 10.2. The van der Waals surface area contributed by atoms with E-state index in [1.54, 1.807) is 34.8 Å². The molecule has 4 rings (SSSR count). The maximum atomic E-state index is 11.0. The number of hydrogen-bond acceptors (Lipinski definition) is 9. The molecule has 0 spiro atoms. The van der Waals surface area contributed by atoms with E-state index in [0.717, 1.165) is 0 Å². The van der Waals surface area contributed by atoms with E-state index in [1.807, 2.05) is 0 Å². The third-order valence-corrected chi connectivity index (χ3v) is 4.64. The Morgan fingerprint density at radius 2 is 1.03 bits per heavy atom. The molecular weight excluding hydrogens is 502 g/mol. The number of nitro benzene ring substituents is 3. The lowest BCUT2D eigenvalue weighted by molar-refractivity contribution is -0.545. The van der Waals surface area contributed by atoms with Gasteiger partial charge in [-0.15, -0.1) is 10.2 Å². The van der Waals surface area contributed by atoms with Crippen LogP contribution in [0.4, 0.5) is 28.4 Å². The van der Waals surface area contributed by atoms with Gasteiger partial charge in [-0.3, -0.25) is 30.3 Å². The molecule has 33 heavy (non-hydrogen) atoms. The fraction of sp³-hybridized carbons (Fsp3) is 0. The van der Waals surface area contributed by atoms with Crippen molar-refractivity contribution in [1.82, 2.24) is 0 Å². The number of nitrogens with two attached hydrogens (primary N) is 1. The fourth-order valence-corrected chi connectivity index (χ4v) is 3.03. The molecule has 1 aliphatic heterocycles. The average Bonchev–Trinajstić information content (AvgIpc) is 3.24. The fourth-order valence-electron chi connectivity index (χ4n) is 3.03. The van der Waals surface area contributed by atoms with Crippen molar-refractivity contribution in [2.24, 2.45) is 5.10 Å². The number of nitro groups is 3. The van der Waals surface area contributed by atoms with Gasteiger partial charge in [-0.1, -0.05) is 5.10 Å². The van der Waals surface area contributed by atoms with Crippen molar-refractivity contribution < 1.29 is 37.2 Å². The van der Waals surface area contributed by atoms with Crippen LogP contribution in [0.2, 0.25) is 0 Å². The molecule has 1 aliphatic rings. The van der Waals surface area contributed by atoms with Crippen LogP contribution in [0.1, 0.15) is 5.56 Å². The number of amidine groups is 1. The van der Waals surface area contributed by atoms with Crippen LogP contribution < -0.4 is 32.6 Å². The first-order valence-electron chi connectivity index (χ1n) is 9.10. The topological polar surface area (TPSA) is 165 Å². The zero-order valence-electron chi connectivity index (χ0n) is 16.5. The second-order valence-corrected chi connectivity index (χ2v) is 6.60. The van der Waals surface area contributed by atoms with Crippen LogP contribution in [0.5, 0.6) is 0 Å². The lowest BCUT2D eigenvalue weighted by Crippen LogP contribution is -3.00. The van der Waals surface area contributed by atoms with Crippen LogP contribution in [0.15, 0.2) is 77.9 Å². The average molecular weight is 516 g/mol. The number of hydrogen-bond donors (Lipinski definition) is 1. The summed E-state index contributed by atoms with van der Waals surface area (Å²) in [6, 6.07) is 17.3. The summed E-state index contributed by atoms with van der Waals surface area (Å²) in [6.07, 6.45) is 0. The van der Waals surface area contributed by atoms with Gasteiger partial charge in [0.15, 0.2) is 0 Å². The van der Waals surface area contributed by atoms with Crippen LogP contribution in [-0.2, 0) is 0 Å². The van der Waals surface area contributed by atoms with Crippen molar-refractivity contribution in [2.45, 2.75) is 0 Å². The third kappa shape index (κ3) is 4.76. The van der Waals surface area contributed by atoms with Crippen LogP contribution >= 0.6 is 0 Å². The van der Waals surface area contributed by atoms with Crippen molar-refractivity contribution >= 4 is 34.3 Å². The zero-order valence-corrected chi connectivity index (χ0v) is 18.1. The predicted molar refractivity (Wildman–Crippen MR) is 113 cm³/mol. The van der Waals surface area contributed by atoms with Gasteiger partial charge in [-0.2, -0.15) is 5.43 Å². The number of hydrazone groups is 1. The number of halogens is 1. The molecule has 0 radical (unpaired) electrons. The van der Waals surface area contributed by atoms with Gasteiger partial charge in [0.2, 0.25) is 0 Å². The Hall–Kier alpha value is -4.43. The molecule has 0 atom stereocenters. The standard InChI is InChI=1S/C19H13N7O6.BrH/c27-24(28)16-3-1-13(2-4-16)19-20-22(14-5-9-17(10-6-14)25(29)30)23(21-19)15-7-11-18(12-8-15)26(31)32;/h1-12H,(H,20,21);1H. The normalized spacial score (nSPS) is 12.7. The number of benzene rings is 3. The van der Waals surface area contributed by atoms with Gasteiger partial charge >= 0.3 is 0 Å². The maximum Gasteiger partial charge on any atom is 0.277 e. The van der Waals surface area contributed by atoms with Gasteiger partial charge in [0, 0.05) is 36.4 Å². The summed E-state index contributed by atoms with van der Waals surface area (Å²) in [5, 5.41) is 40.5. The van der Waals surface area contributed by atoms with Crippen LogP contribution in [0.3, 0.4) is 0 Å². The number of nitrogens with zero attached hydrogens (tertiary/aromatic N) is 6. The summed E-state index contributed by atoms with van der Waals surface area (Å²) < 4.78 is 0. The Labute approximate surface area is 195 Å². The van der Waals surface area contributed by atoms with Crippen LogP contribution in [0, 0.1) is 30.3 Å². The number of rotatable bonds is 6. The number of non-ortho nitro benzene ring substituents is 3. The molecule has 168 valence electrons. The molecule has 0 amide bonds. The van der Waals surface area contributed by atoms with Gasteiger partial charge in [-0.05, 0) is 36.4 Å². The lowest BCUT2D eigenvalue weighted by Gasteiger charge is -2.23. The number of hydrazine groups is 1. The van der Waals surface area contributed by atoms with E-state index in [9.17, 15) is 30.3 Å². The second kappa shape index (κ2) is 9.37. The van der Waals surface area contributed by atoms with E-state index < -0.39 is 14.8 Å². The van der Waals surface area contributed by atoms with Crippen molar-refractivity contribution in [2.75, 3.05) is 10.2 Å². The van der Waals surface area contributed by atoms with Gasteiger partial charge < -0.3 is 17.0 Å². The van der Waals surface area contributed by atoms with Crippen LogP contribution in [0.25, 0.3) is 0 Å². The van der Waals surface area contributed by atoms with Gasteiger partial charge in [0.25, 0.3) is 22.9 Å². The highest BCUT2D eigenvalue weighted by Crippen LogP contribution is 2.26. The molecule has 0 saturated heterocycles. The highest BCUT2D eigenvalue weighted by Gasteiger charge is 2.32. The summed E-state index contributed by atoms with van der Waals surface area (Å²) in [6.45, 7) is 0. The van der Waals surface area contributed by atoms with E-state index in [-0.39, 0.29) is 34.0 Å². The molecule has 13 nitrogen and oxygen atoms in total. The van der Waals surface area contributed by atoms with Crippen molar-refractivity contribution in [1.29, 1.82) is 0 Å². The molecule has 0 fully saturated rings. The van der Waals surface area contributed by atoms with Crippen molar-refractivity contribution in [3.05, 3.63) is 109 Å². The van der Waals surface area contributed by atoms with E-state index in [1.165, 1.54) is 53.6 Å². The molecule has 0 aliphatic carbocycles. The minimum absolute atomic E-state index is 0. The molecule has 1 heterocycles. The first kappa shape index (κ1) is 23.2. The van der Waals surface area contributed by atoms with Crippen molar-refractivity contribution in [3.8, 4) is 0 Å². The summed E-state index contributed by atoms with van der Waals surface area (Å²) in [4.78, 5) is 31.3. The Morgan fingerprint density at radius 1 is 0.636 bits per heavy atom. The van der Waals surface area contributed by atoms with Gasteiger partial charge in [-0.25, -0.2) is 0 Å². The molecule has 0 aromatic heterocycles. The quantitative estimate of drug-likeness (QED) is 0.260. The summed E-state index contributed by atoms with van der Waals surface area (Å²) >= 11 is 0. The Balaban J connectivity index is 0.00000306. The molecule has 0 saturated carbocycles.